The third-order valence-corrected chi connectivity index (χ3v) is 0.771. The number of quaternary nitrogens is 1. The van der Waals surface area contributed by atoms with Crippen LogP contribution in [0.15, 0.2) is 0 Å². The van der Waals surface area contributed by atoms with E-state index in [0.717, 1.165) is 11.0 Å². The fourth-order valence-corrected chi connectivity index (χ4v) is 0.300. The van der Waals surface area contributed by atoms with Gasteiger partial charge in [-0.05, 0) is 33.7 Å². The average molecular weight is 282 g/mol. The van der Waals surface area contributed by atoms with E-state index < -0.39 is 5.20 Å². The van der Waals surface area contributed by atoms with Gasteiger partial charge in [0.2, 0.25) is 0 Å². The molecule has 0 amide bonds. The molecule has 0 aromatic carbocycles. The second-order valence-electron chi connectivity index (χ2n) is 3.14. The van der Waals surface area contributed by atoms with Crippen LogP contribution in [0.25, 0.3) is 0 Å². The van der Waals surface area contributed by atoms with Crippen molar-refractivity contribution in [2.24, 2.45) is 0 Å². The van der Waals surface area contributed by atoms with Crippen LogP contribution in [0.4, 0.5) is 0 Å². The number of hydrogen-bond acceptors (Lipinski definition) is 2. The van der Waals surface area contributed by atoms with Crippen molar-refractivity contribution >= 4 is 68.5 Å². The standard InChI is InChI=1S/C5H14NO.Cl3OP.Na.H/c1-6(2,3)4-5-7;1-5(2,3)4;;/h7H,4-5H2,1-3H3;;;/q+1;;;. The Morgan fingerprint density at radius 2 is 1.46 bits per heavy atom. The Hall–Kier alpha value is 2.02. The zero-order valence-corrected chi connectivity index (χ0v) is 10.5. The van der Waals surface area contributed by atoms with Crippen LogP contribution < -0.4 is 0 Å². The number of aliphatic hydroxyl groups is 1. The Morgan fingerprint density at radius 3 is 1.46 bits per heavy atom. The van der Waals surface area contributed by atoms with Crippen LogP contribution in [0.5, 0.6) is 0 Å². The van der Waals surface area contributed by atoms with Gasteiger partial charge in [0.25, 0.3) is 0 Å². The van der Waals surface area contributed by atoms with E-state index in [-0.39, 0.29) is 36.2 Å². The van der Waals surface area contributed by atoms with Gasteiger partial charge in [-0.2, -0.15) is 0 Å². The first-order valence-electron chi connectivity index (χ1n) is 3.16. The SMILES string of the molecule is C[N+](C)(C)CCO.O=P(Cl)(Cl)Cl.[NaH]. The predicted octanol–water partition coefficient (Wildman–Crippen LogP) is 1.85. The molecular formula is C5H15Cl3NNaO2P+. The molecule has 1 N–H and O–H groups in total. The van der Waals surface area contributed by atoms with E-state index in [1.807, 2.05) is 0 Å². The molecule has 0 aliphatic heterocycles. The van der Waals surface area contributed by atoms with E-state index in [4.69, 9.17) is 5.11 Å². The molecular weight excluding hydrogens is 266 g/mol. The molecule has 0 rings (SSSR count). The summed E-state index contributed by atoms with van der Waals surface area (Å²) in [5, 5.41) is 5.16. The number of likely N-dealkylation sites (N-methyl/N-ethyl adjacent to an activating group) is 1. The summed E-state index contributed by atoms with van der Waals surface area (Å²) in [4.78, 5) is 0. The van der Waals surface area contributed by atoms with Gasteiger partial charge in [0.05, 0.1) is 27.7 Å². The fourth-order valence-electron chi connectivity index (χ4n) is 0.300. The zero-order valence-electron chi connectivity index (χ0n) is 7.30. The number of halogens is 3. The maximum absolute atomic E-state index is 9.51. The van der Waals surface area contributed by atoms with Gasteiger partial charge in [-0.3, -0.25) is 4.57 Å². The summed E-state index contributed by atoms with van der Waals surface area (Å²) in [6.45, 7) is 1.11. The van der Waals surface area contributed by atoms with Gasteiger partial charge < -0.3 is 9.59 Å². The van der Waals surface area contributed by atoms with Gasteiger partial charge in [-0.25, -0.2) is 0 Å². The second-order valence-corrected chi connectivity index (χ2v) is 9.78. The van der Waals surface area contributed by atoms with E-state index in [2.05, 4.69) is 54.9 Å². The number of aliphatic hydroxyl groups excluding tert-OH is 1. The van der Waals surface area contributed by atoms with Crippen LogP contribution in [0.1, 0.15) is 0 Å². The van der Waals surface area contributed by atoms with Crippen molar-refractivity contribution in [1.29, 1.82) is 0 Å². The molecule has 0 unspecified atom stereocenters. The zero-order chi connectivity index (χ0) is 10.4. The normalized spacial score (nSPS) is 11.0. The van der Waals surface area contributed by atoms with Gasteiger partial charge in [0, 0.05) is 0 Å². The minimum absolute atomic E-state index is 0. The molecule has 0 aliphatic carbocycles. The molecule has 0 aromatic heterocycles. The van der Waals surface area contributed by atoms with Gasteiger partial charge >= 0.3 is 34.8 Å². The van der Waals surface area contributed by atoms with Gasteiger partial charge in [0.15, 0.2) is 0 Å². The van der Waals surface area contributed by atoms with E-state index >= 15 is 0 Å². The van der Waals surface area contributed by atoms with E-state index in [1.54, 1.807) is 0 Å². The van der Waals surface area contributed by atoms with Crippen molar-refractivity contribution in [2.75, 3.05) is 34.3 Å². The van der Waals surface area contributed by atoms with Crippen LogP contribution in [-0.2, 0) is 4.57 Å². The van der Waals surface area contributed by atoms with Crippen molar-refractivity contribution in [3.05, 3.63) is 0 Å². The monoisotopic (exact) mass is 280 g/mol. The molecule has 0 bridgehead atoms. The first kappa shape index (κ1) is 20.4. The second kappa shape index (κ2) is 9.26. The molecule has 0 spiro atoms. The Balaban J connectivity index is -0.000000150. The average Bonchev–Trinajstić information content (AvgIpc) is 1.54. The van der Waals surface area contributed by atoms with Crippen molar-refractivity contribution in [1.82, 2.24) is 0 Å². The molecule has 78 valence electrons. The molecule has 0 saturated heterocycles. The minimum atomic E-state index is -3.22. The van der Waals surface area contributed by atoms with Gasteiger partial charge in [0.1, 0.15) is 6.54 Å². The fraction of sp³-hybridized carbons (Fsp3) is 1.00. The van der Waals surface area contributed by atoms with Crippen molar-refractivity contribution in [3.63, 3.8) is 0 Å². The Kier molecular flexibility index (Phi) is 14.6. The molecule has 0 radical (unpaired) electrons. The number of hydrogen-bond donors (Lipinski definition) is 1. The van der Waals surface area contributed by atoms with Crippen LogP contribution >= 0.6 is 38.9 Å². The van der Waals surface area contributed by atoms with E-state index in [0.29, 0.717) is 0 Å². The summed E-state index contributed by atoms with van der Waals surface area (Å²) in [6, 6.07) is 0. The number of nitrogens with zero attached hydrogens (tertiary/aromatic N) is 1. The summed E-state index contributed by atoms with van der Waals surface area (Å²) >= 11 is 13.8. The molecule has 0 saturated carbocycles. The molecule has 3 nitrogen and oxygen atoms in total. The summed E-state index contributed by atoms with van der Waals surface area (Å²) in [6.07, 6.45) is 0. The van der Waals surface area contributed by atoms with Crippen molar-refractivity contribution in [2.45, 2.75) is 0 Å². The third kappa shape index (κ3) is 55.9. The quantitative estimate of drug-likeness (QED) is 0.476. The molecule has 0 atom stereocenters. The Bertz CT molecular complexity index is 150. The molecule has 0 aromatic rings. The molecule has 0 heterocycles. The first-order chi connectivity index (χ1) is 5.06. The Morgan fingerprint density at radius 1 is 1.23 bits per heavy atom. The predicted molar refractivity (Wildman–Crippen MR) is 62.3 cm³/mol. The van der Waals surface area contributed by atoms with Crippen LogP contribution in [0.2, 0.25) is 0 Å². The topological polar surface area (TPSA) is 37.3 Å². The van der Waals surface area contributed by atoms with Crippen LogP contribution in [0, 0.1) is 0 Å². The summed E-state index contributed by atoms with van der Waals surface area (Å²) < 4.78 is 10.4. The molecule has 13 heavy (non-hydrogen) atoms. The van der Waals surface area contributed by atoms with Crippen LogP contribution in [0.3, 0.4) is 0 Å². The van der Waals surface area contributed by atoms with E-state index in [9.17, 15) is 4.57 Å². The Labute approximate surface area is 116 Å². The maximum atomic E-state index is 9.51. The third-order valence-electron chi connectivity index (χ3n) is 0.771. The number of rotatable bonds is 2. The molecule has 0 fully saturated rings. The summed E-state index contributed by atoms with van der Waals surface area (Å²) in [5.41, 5.74) is 0. The van der Waals surface area contributed by atoms with Crippen molar-refractivity contribution in [3.8, 4) is 0 Å². The molecule has 0 aliphatic rings. The van der Waals surface area contributed by atoms with Crippen LogP contribution in [-0.4, -0.2) is 73.4 Å². The summed E-state index contributed by atoms with van der Waals surface area (Å²) in [7, 11) is 6.16. The van der Waals surface area contributed by atoms with Crippen molar-refractivity contribution < 1.29 is 14.2 Å². The van der Waals surface area contributed by atoms with Gasteiger partial charge in [-0.1, -0.05) is 0 Å². The van der Waals surface area contributed by atoms with E-state index in [1.165, 1.54) is 0 Å². The van der Waals surface area contributed by atoms with Gasteiger partial charge in [-0.15, -0.1) is 0 Å². The summed E-state index contributed by atoms with van der Waals surface area (Å²) in [5.74, 6) is 0. The first-order valence-corrected chi connectivity index (χ1v) is 7.59. The molecule has 8 heteroatoms.